The summed E-state index contributed by atoms with van der Waals surface area (Å²) >= 11 is 0. The summed E-state index contributed by atoms with van der Waals surface area (Å²) in [7, 11) is 0. The lowest BCUT2D eigenvalue weighted by Crippen LogP contribution is -2.50. The van der Waals surface area contributed by atoms with Crippen LogP contribution < -0.4 is 0 Å². The Balaban J connectivity index is 1.67. The number of pyridine rings is 3. The van der Waals surface area contributed by atoms with Crippen LogP contribution >= 0.6 is 0 Å². The van der Waals surface area contributed by atoms with Crippen molar-refractivity contribution in [3.63, 3.8) is 0 Å². The highest BCUT2D eigenvalue weighted by atomic mass is 16.4. The quantitative estimate of drug-likeness (QED) is 0.193. The number of nitrogens with zero attached hydrogens (tertiary/aromatic N) is 5. The van der Waals surface area contributed by atoms with Crippen molar-refractivity contribution in [1.82, 2.24) is 24.8 Å². The van der Waals surface area contributed by atoms with Crippen LogP contribution in [0.3, 0.4) is 0 Å². The van der Waals surface area contributed by atoms with Gasteiger partial charge in [0.25, 0.3) is 5.91 Å². The molecule has 3 heterocycles. The molecule has 4 atom stereocenters. The molecule has 0 saturated carbocycles. The maximum Gasteiger partial charge on any atom is 0.255 e. The molecule has 0 spiro atoms. The first-order valence-corrected chi connectivity index (χ1v) is 12.4. The second kappa shape index (κ2) is 14.6. The number of rotatable bonds is 14. The van der Waals surface area contributed by atoms with E-state index in [1.165, 1.54) is 11.1 Å². The zero-order chi connectivity index (χ0) is 27.5. The van der Waals surface area contributed by atoms with Crippen LogP contribution in [0, 0.1) is 0 Å². The van der Waals surface area contributed by atoms with E-state index >= 15 is 0 Å². The summed E-state index contributed by atoms with van der Waals surface area (Å²) in [5.74, 6) is -0.408. The lowest BCUT2D eigenvalue weighted by Gasteiger charge is -2.30. The summed E-state index contributed by atoms with van der Waals surface area (Å²) in [6.45, 7) is 2.54. The van der Waals surface area contributed by atoms with Gasteiger partial charge in [-0.25, -0.2) is 0 Å². The zero-order valence-electron chi connectivity index (χ0n) is 21.3. The minimum Gasteiger partial charge on any atom is -0.394 e. The van der Waals surface area contributed by atoms with Gasteiger partial charge in [0.05, 0.1) is 29.3 Å². The molecular formula is C27H35N5O6. The normalized spacial score (nSPS) is 14.6. The third-order valence-electron chi connectivity index (χ3n) is 6.08. The third kappa shape index (κ3) is 8.35. The summed E-state index contributed by atoms with van der Waals surface area (Å²) in [6.07, 6.45) is -1.69. The molecule has 0 aliphatic rings. The second-order valence-electron chi connectivity index (χ2n) is 8.97. The minimum absolute atomic E-state index is 0.227. The van der Waals surface area contributed by atoms with Gasteiger partial charge >= 0.3 is 0 Å². The van der Waals surface area contributed by atoms with Crippen molar-refractivity contribution in [1.29, 1.82) is 0 Å². The highest BCUT2D eigenvalue weighted by molar-refractivity contribution is 5.93. The predicted octanol–water partition coefficient (Wildman–Crippen LogP) is -0.0280. The van der Waals surface area contributed by atoms with Crippen LogP contribution in [0.4, 0.5) is 0 Å². The van der Waals surface area contributed by atoms with Crippen LogP contribution in [-0.4, -0.2) is 100 Å². The van der Waals surface area contributed by atoms with Gasteiger partial charge in [0, 0.05) is 51.3 Å². The van der Waals surface area contributed by atoms with Gasteiger partial charge < -0.3 is 30.4 Å². The van der Waals surface area contributed by atoms with E-state index in [1.54, 1.807) is 31.5 Å². The first-order chi connectivity index (χ1) is 18.3. The lowest BCUT2D eigenvalue weighted by molar-refractivity contribution is -0.117. The Kier molecular flexibility index (Phi) is 11.2. The number of aliphatic hydroxyl groups excluding tert-OH is 5. The van der Waals surface area contributed by atoms with Crippen LogP contribution in [0.2, 0.25) is 0 Å². The smallest absolute Gasteiger partial charge is 0.255 e. The molecule has 204 valence electrons. The molecule has 3 aromatic rings. The van der Waals surface area contributed by atoms with E-state index in [9.17, 15) is 25.2 Å². The van der Waals surface area contributed by atoms with E-state index in [0.717, 1.165) is 17.1 Å². The molecule has 0 aliphatic heterocycles. The SMILES string of the molecule is CCN(C[C@H](O)[C@@H](O)[C@H](O)[C@H](O)CO)C(=O)c1ccc(CN(Cc2ccccn2)Cc2ccccn2)nc1. The molecule has 0 aliphatic carbocycles. The highest BCUT2D eigenvalue weighted by Gasteiger charge is 2.32. The Hall–Kier alpha value is -3.32. The van der Waals surface area contributed by atoms with E-state index in [-0.39, 0.29) is 13.1 Å². The summed E-state index contributed by atoms with van der Waals surface area (Å²) in [4.78, 5) is 29.8. The molecule has 0 unspecified atom stereocenters. The van der Waals surface area contributed by atoms with E-state index in [2.05, 4.69) is 19.9 Å². The van der Waals surface area contributed by atoms with Crippen molar-refractivity contribution in [2.24, 2.45) is 0 Å². The Labute approximate surface area is 221 Å². The molecule has 38 heavy (non-hydrogen) atoms. The van der Waals surface area contributed by atoms with Crippen molar-refractivity contribution >= 4 is 5.91 Å². The first-order valence-electron chi connectivity index (χ1n) is 12.4. The maximum atomic E-state index is 13.0. The number of hydrogen-bond acceptors (Lipinski definition) is 10. The number of carbonyl (C=O) groups is 1. The average Bonchev–Trinajstić information content (AvgIpc) is 2.95. The Morgan fingerprint density at radius 3 is 1.79 bits per heavy atom. The van der Waals surface area contributed by atoms with Crippen molar-refractivity contribution in [2.75, 3.05) is 19.7 Å². The van der Waals surface area contributed by atoms with Gasteiger partial charge in [0.15, 0.2) is 0 Å². The van der Waals surface area contributed by atoms with Gasteiger partial charge in [-0.1, -0.05) is 12.1 Å². The van der Waals surface area contributed by atoms with E-state index in [0.29, 0.717) is 25.2 Å². The van der Waals surface area contributed by atoms with Gasteiger partial charge in [-0.15, -0.1) is 0 Å². The Morgan fingerprint density at radius 2 is 1.34 bits per heavy atom. The van der Waals surface area contributed by atoms with Gasteiger partial charge in [0.1, 0.15) is 24.4 Å². The Morgan fingerprint density at radius 1 is 0.789 bits per heavy atom. The van der Waals surface area contributed by atoms with Crippen molar-refractivity contribution < 1.29 is 30.3 Å². The fourth-order valence-corrected chi connectivity index (χ4v) is 3.92. The number of aromatic nitrogens is 3. The number of amides is 1. The molecule has 0 fully saturated rings. The highest BCUT2D eigenvalue weighted by Crippen LogP contribution is 2.14. The van der Waals surface area contributed by atoms with Crippen LogP contribution in [0.1, 0.15) is 34.4 Å². The average molecular weight is 526 g/mol. The minimum atomic E-state index is -1.76. The molecule has 11 heteroatoms. The summed E-state index contributed by atoms with van der Waals surface area (Å²) in [5, 5.41) is 48.7. The number of hydrogen-bond donors (Lipinski definition) is 5. The van der Waals surface area contributed by atoms with Crippen LogP contribution in [-0.2, 0) is 19.6 Å². The van der Waals surface area contributed by atoms with Gasteiger partial charge in [-0.05, 0) is 43.3 Å². The van der Waals surface area contributed by atoms with Crippen molar-refractivity contribution in [3.05, 3.63) is 89.8 Å². The van der Waals surface area contributed by atoms with Crippen LogP contribution in [0.25, 0.3) is 0 Å². The summed E-state index contributed by atoms with van der Waals surface area (Å²) < 4.78 is 0. The topological polar surface area (TPSA) is 163 Å². The number of carbonyl (C=O) groups excluding carboxylic acids is 1. The van der Waals surface area contributed by atoms with E-state index in [1.807, 2.05) is 36.4 Å². The van der Waals surface area contributed by atoms with E-state index < -0.39 is 36.9 Å². The molecule has 3 aromatic heterocycles. The molecule has 1 amide bonds. The van der Waals surface area contributed by atoms with Crippen molar-refractivity contribution in [2.45, 2.75) is 51.0 Å². The standard InChI is InChI=1S/C27H35N5O6/c1-2-32(17-23(34)25(36)26(37)24(35)18-33)27(38)19-9-10-22(30-13-19)16-31(14-20-7-3-5-11-28-20)15-21-8-4-6-12-29-21/h3-13,23-26,33-37H,2,14-18H2,1H3/t23-,24+,25+,26+/m0/s1. The monoisotopic (exact) mass is 525 g/mol. The molecule has 0 aromatic carbocycles. The Bertz CT molecular complexity index is 1060. The largest absolute Gasteiger partial charge is 0.394 e. The fraction of sp³-hybridized carbons (Fsp3) is 0.407. The maximum absolute atomic E-state index is 13.0. The third-order valence-corrected chi connectivity index (χ3v) is 6.08. The molecule has 11 nitrogen and oxygen atoms in total. The summed E-state index contributed by atoms with van der Waals surface area (Å²) in [6, 6.07) is 14.9. The first kappa shape index (κ1) is 29.2. The van der Waals surface area contributed by atoms with Crippen LogP contribution in [0.5, 0.6) is 0 Å². The fourth-order valence-electron chi connectivity index (χ4n) is 3.92. The predicted molar refractivity (Wildman–Crippen MR) is 138 cm³/mol. The molecule has 3 rings (SSSR count). The molecule has 0 bridgehead atoms. The van der Waals surface area contributed by atoms with Gasteiger partial charge in [0.2, 0.25) is 0 Å². The zero-order valence-corrected chi connectivity index (χ0v) is 21.3. The van der Waals surface area contributed by atoms with Crippen LogP contribution in [0.15, 0.2) is 67.1 Å². The van der Waals surface area contributed by atoms with Crippen molar-refractivity contribution in [3.8, 4) is 0 Å². The molecule has 5 N–H and O–H groups in total. The van der Waals surface area contributed by atoms with Gasteiger partial charge in [-0.2, -0.15) is 0 Å². The van der Waals surface area contributed by atoms with E-state index in [4.69, 9.17) is 5.11 Å². The molecule has 0 saturated heterocycles. The molecule has 0 radical (unpaired) electrons. The number of likely N-dealkylation sites (N-methyl/N-ethyl adjacent to an activating group) is 1. The molecular weight excluding hydrogens is 490 g/mol. The second-order valence-corrected chi connectivity index (χ2v) is 8.97. The lowest BCUT2D eigenvalue weighted by atomic mass is 10.0. The summed E-state index contributed by atoms with van der Waals surface area (Å²) in [5.41, 5.74) is 2.86. The number of aliphatic hydroxyl groups is 5. The van der Waals surface area contributed by atoms with Gasteiger partial charge in [-0.3, -0.25) is 24.6 Å².